The number of amides is 4. The smallest absolute Gasteiger partial charge is 0.251 e. The molecule has 12 heteroatoms. The number of rotatable bonds is 14. The molecule has 0 radical (unpaired) electrons. The van der Waals surface area contributed by atoms with Crippen LogP contribution in [0.15, 0.2) is 29.4 Å². The van der Waals surface area contributed by atoms with Crippen molar-refractivity contribution in [2.45, 2.75) is 161 Å². The van der Waals surface area contributed by atoms with Gasteiger partial charge >= 0.3 is 0 Å². The highest BCUT2D eigenvalue weighted by Crippen LogP contribution is 2.40. The molecular weight excluding hydrogens is 650 g/mol. The van der Waals surface area contributed by atoms with E-state index in [2.05, 4.69) is 21.1 Å². The third-order valence-corrected chi connectivity index (χ3v) is 10.5. The first-order valence-electron chi connectivity index (χ1n) is 19.1. The molecule has 1 saturated heterocycles. The molecule has 2 saturated carbocycles. The quantitative estimate of drug-likeness (QED) is 0.224. The number of hydrogen-bond acceptors (Lipinski definition) is 8. The van der Waals surface area contributed by atoms with Crippen molar-refractivity contribution in [3.63, 3.8) is 0 Å². The SMILES string of the molecule is CCC[C@H](NC(=O)[C@@H]1C[C@]2(CC(c3ccc(OC(C)C)cc3)=NO2)CN1C(=O)[C@@H](NC(=O)CC1CCCCC1)C(C)(C)C)C(O)C(=O)NC1CC1. The number of carbonyl (C=O) groups excluding carboxylic acids is 4. The van der Waals surface area contributed by atoms with Gasteiger partial charge in [0.1, 0.15) is 17.8 Å². The number of likely N-dealkylation sites (tertiary alicyclic amines) is 1. The van der Waals surface area contributed by atoms with E-state index in [0.29, 0.717) is 37.3 Å². The topological polar surface area (TPSA) is 159 Å². The molecule has 51 heavy (non-hydrogen) atoms. The van der Waals surface area contributed by atoms with E-state index in [1.165, 1.54) is 11.3 Å². The number of carbonyl (C=O) groups is 4. The molecule has 4 amide bonds. The molecule has 1 aromatic carbocycles. The highest BCUT2D eigenvalue weighted by atomic mass is 16.7. The van der Waals surface area contributed by atoms with Crippen LogP contribution in [0.4, 0.5) is 0 Å². The van der Waals surface area contributed by atoms with Gasteiger partial charge in [0.05, 0.1) is 24.4 Å². The molecule has 4 N–H and O–H groups in total. The van der Waals surface area contributed by atoms with Gasteiger partial charge in [-0.1, -0.05) is 58.5 Å². The maximum Gasteiger partial charge on any atom is 0.251 e. The molecule has 282 valence electrons. The Labute approximate surface area is 302 Å². The molecule has 1 aromatic rings. The van der Waals surface area contributed by atoms with Crippen LogP contribution in [-0.2, 0) is 24.0 Å². The summed E-state index contributed by atoms with van der Waals surface area (Å²) in [5.41, 5.74) is -0.0832. The summed E-state index contributed by atoms with van der Waals surface area (Å²) >= 11 is 0. The second kappa shape index (κ2) is 16.3. The van der Waals surface area contributed by atoms with Crippen LogP contribution in [-0.4, -0.2) is 87.9 Å². The molecule has 1 unspecified atom stereocenters. The molecule has 0 aromatic heterocycles. The number of nitrogens with one attached hydrogen (secondary N) is 3. The molecule has 12 nitrogen and oxygen atoms in total. The van der Waals surface area contributed by atoms with Crippen molar-refractivity contribution in [2.75, 3.05) is 6.54 Å². The molecule has 3 fully saturated rings. The van der Waals surface area contributed by atoms with Gasteiger partial charge in [0.2, 0.25) is 17.7 Å². The van der Waals surface area contributed by atoms with Gasteiger partial charge in [-0.25, -0.2) is 0 Å². The zero-order chi connectivity index (χ0) is 36.9. The van der Waals surface area contributed by atoms with E-state index in [-0.39, 0.29) is 36.9 Å². The van der Waals surface area contributed by atoms with Gasteiger partial charge in [0, 0.05) is 25.3 Å². The Bertz CT molecular complexity index is 1430. The normalized spacial score (nSPS) is 24.0. The Balaban J connectivity index is 1.37. The fraction of sp³-hybridized carbons (Fsp3) is 0.718. The summed E-state index contributed by atoms with van der Waals surface area (Å²) in [7, 11) is 0. The van der Waals surface area contributed by atoms with Crippen LogP contribution in [0.5, 0.6) is 5.75 Å². The first-order valence-corrected chi connectivity index (χ1v) is 19.1. The summed E-state index contributed by atoms with van der Waals surface area (Å²) in [4.78, 5) is 62.8. The summed E-state index contributed by atoms with van der Waals surface area (Å²) < 4.78 is 5.80. The van der Waals surface area contributed by atoms with Crippen molar-refractivity contribution in [1.82, 2.24) is 20.9 Å². The fourth-order valence-electron chi connectivity index (χ4n) is 7.57. The minimum atomic E-state index is -1.43. The number of ether oxygens (including phenoxy) is 1. The first kappa shape index (κ1) is 38.6. The summed E-state index contributed by atoms with van der Waals surface area (Å²) in [5.74, 6) is -0.484. The van der Waals surface area contributed by atoms with Crippen LogP contribution >= 0.6 is 0 Å². The third kappa shape index (κ3) is 10.0. The summed E-state index contributed by atoms with van der Waals surface area (Å²) in [6.07, 6.45) is 7.66. The lowest BCUT2D eigenvalue weighted by atomic mass is 9.84. The Morgan fingerprint density at radius 1 is 1.04 bits per heavy atom. The highest BCUT2D eigenvalue weighted by Gasteiger charge is 2.55. The predicted octanol–water partition coefficient (Wildman–Crippen LogP) is 4.36. The van der Waals surface area contributed by atoms with Crippen molar-refractivity contribution >= 4 is 29.3 Å². The largest absolute Gasteiger partial charge is 0.491 e. The van der Waals surface area contributed by atoms with Crippen molar-refractivity contribution in [1.29, 1.82) is 0 Å². The van der Waals surface area contributed by atoms with Crippen molar-refractivity contribution in [2.24, 2.45) is 16.5 Å². The number of aliphatic hydroxyl groups excluding tert-OH is 1. The summed E-state index contributed by atoms with van der Waals surface area (Å²) in [6.45, 7) is 11.7. The van der Waals surface area contributed by atoms with E-state index in [4.69, 9.17) is 9.57 Å². The second-order valence-corrected chi connectivity index (χ2v) is 16.6. The van der Waals surface area contributed by atoms with Crippen LogP contribution in [0.25, 0.3) is 0 Å². The van der Waals surface area contributed by atoms with Gasteiger partial charge in [-0.2, -0.15) is 0 Å². The van der Waals surface area contributed by atoms with E-state index in [1.54, 1.807) is 0 Å². The predicted molar refractivity (Wildman–Crippen MR) is 194 cm³/mol. The summed E-state index contributed by atoms with van der Waals surface area (Å²) in [6, 6.07) is 4.94. The maximum atomic E-state index is 14.6. The van der Waals surface area contributed by atoms with Gasteiger partial charge in [-0.3, -0.25) is 19.2 Å². The van der Waals surface area contributed by atoms with Gasteiger partial charge in [-0.05, 0) is 87.1 Å². The van der Waals surface area contributed by atoms with Gasteiger partial charge < -0.3 is 35.5 Å². The average molecular weight is 710 g/mol. The molecule has 2 aliphatic carbocycles. The fourth-order valence-corrected chi connectivity index (χ4v) is 7.57. The molecule has 5 atom stereocenters. The minimum Gasteiger partial charge on any atom is -0.491 e. The Hall–Kier alpha value is -3.67. The molecule has 2 heterocycles. The van der Waals surface area contributed by atoms with E-state index in [0.717, 1.165) is 49.8 Å². The zero-order valence-corrected chi connectivity index (χ0v) is 31.3. The number of hydrogen-bond donors (Lipinski definition) is 4. The van der Waals surface area contributed by atoms with E-state index >= 15 is 0 Å². The Kier molecular flexibility index (Phi) is 12.4. The van der Waals surface area contributed by atoms with Gasteiger partial charge in [0.25, 0.3) is 5.91 Å². The van der Waals surface area contributed by atoms with Crippen LogP contribution < -0.4 is 20.7 Å². The molecule has 0 bridgehead atoms. The Morgan fingerprint density at radius 3 is 2.33 bits per heavy atom. The third-order valence-electron chi connectivity index (χ3n) is 10.5. The van der Waals surface area contributed by atoms with Crippen LogP contribution in [0.2, 0.25) is 0 Å². The monoisotopic (exact) mass is 709 g/mol. The van der Waals surface area contributed by atoms with Gasteiger partial charge in [-0.15, -0.1) is 0 Å². The summed E-state index contributed by atoms with van der Waals surface area (Å²) in [5, 5.41) is 24.3. The van der Waals surface area contributed by atoms with Crippen LogP contribution in [0, 0.1) is 11.3 Å². The molecular formula is C39H59N5O7. The number of benzene rings is 1. The molecule has 4 aliphatic rings. The molecule has 2 aliphatic heterocycles. The lowest BCUT2D eigenvalue weighted by molar-refractivity contribution is -0.145. The van der Waals surface area contributed by atoms with E-state index < -0.39 is 47.1 Å². The van der Waals surface area contributed by atoms with E-state index in [1.807, 2.05) is 65.8 Å². The van der Waals surface area contributed by atoms with Gasteiger partial charge in [0.15, 0.2) is 11.7 Å². The number of nitrogens with zero attached hydrogens (tertiary/aromatic N) is 2. The molecule has 1 spiro atoms. The van der Waals surface area contributed by atoms with Crippen molar-refractivity contribution < 1.29 is 33.9 Å². The maximum absolute atomic E-state index is 14.6. The number of oxime groups is 1. The van der Waals surface area contributed by atoms with Crippen molar-refractivity contribution in [3.8, 4) is 5.75 Å². The first-order chi connectivity index (χ1) is 24.2. The average Bonchev–Trinajstić information content (AvgIpc) is 3.67. The lowest BCUT2D eigenvalue weighted by Gasteiger charge is -2.36. The van der Waals surface area contributed by atoms with E-state index in [9.17, 15) is 24.3 Å². The van der Waals surface area contributed by atoms with Crippen molar-refractivity contribution in [3.05, 3.63) is 29.8 Å². The number of aliphatic hydroxyl groups is 1. The Morgan fingerprint density at radius 2 is 1.73 bits per heavy atom. The second-order valence-electron chi connectivity index (χ2n) is 16.6. The van der Waals surface area contributed by atoms with Crippen LogP contribution in [0.3, 0.4) is 0 Å². The lowest BCUT2D eigenvalue weighted by Crippen LogP contribution is -2.59. The van der Waals surface area contributed by atoms with Crippen LogP contribution in [0.1, 0.15) is 124 Å². The zero-order valence-electron chi connectivity index (χ0n) is 31.3. The highest BCUT2D eigenvalue weighted by molar-refractivity contribution is 6.02. The molecule has 5 rings (SSSR count). The minimum absolute atomic E-state index is 0.0379. The standard InChI is InChI=1S/C39H59N5O7/c1-7-11-29(33(46)36(48)40-27-16-17-27)41-35(47)31-22-39(21-30(43-51-39)26-14-18-28(19-15-26)50-24(2)3)23-44(31)37(49)34(38(4,5)6)42-32(45)20-25-12-9-8-10-13-25/h14-15,18-19,24-25,27,29,31,33-34,46H,7-13,16-17,20-23H2,1-6H3,(H,40,48)(H,41,47)(H,42,45)/t29-,31-,33?,34+,39+/m0/s1.